The zero-order valence-corrected chi connectivity index (χ0v) is 10.9. The van der Waals surface area contributed by atoms with Gasteiger partial charge in [-0.3, -0.25) is 5.10 Å². The minimum Gasteiger partial charge on any atom is -0.374 e. The Labute approximate surface area is 106 Å². The van der Waals surface area contributed by atoms with Gasteiger partial charge >= 0.3 is 0 Å². The largest absolute Gasteiger partial charge is 0.374 e. The van der Waals surface area contributed by atoms with Gasteiger partial charge in [-0.2, -0.15) is 9.40 Å². The lowest BCUT2D eigenvalue weighted by molar-refractivity contribution is -0.0149. The van der Waals surface area contributed by atoms with Crippen LogP contribution >= 0.6 is 0 Å². The van der Waals surface area contributed by atoms with Crippen LogP contribution in [0.3, 0.4) is 0 Å². The zero-order valence-electron chi connectivity index (χ0n) is 10.1. The first-order valence-electron chi connectivity index (χ1n) is 5.95. The number of H-pyrrole nitrogens is 1. The molecule has 2 saturated heterocycles. The molecule has 0 saturated carbocycles. The standard InChI is InChI=1S/C10H16N4O3S/c1-7-10(6-12-13-7)18(15,16)14-2-3-17-9-5-11-4-8(9)14/h6,8-9,11H,2-5H2,1H3,(H,12,13)/t8-,9+/m1/s1. The summed E-state index contributed by atoms with van der Waals surface area (Å²) in [7, 11) is -3.48. The molecule has 8 heteroatoms. The van der Waals surface area contributed by atoms with Crippen LogP contribution in [0.2, 0.25) is 0 Å². The molecular weight excluding hydrogens is 256 g/mol. The van der Waals surface area contributed by atoms with Crippen molar-refractivity contribution in [2.24, 2.45) is 0 Å². The molecule has 0 amide bonds. The molecule has 0 radical (unpaired) electrons. The van der Waals surface area contributed by atoms with E-state index < -0.39 is 10.0 Å². The van der Waals surface area contributed by atoms with E-state index >= 15 is 0 Å². The first kappa shape index (κ1) is 12.1. The van der Waals surface area contributed by atoms with Gasteiger partial charge < -0.3 is 10.1 Å². The van der Waals surface area contributed by atoms with Crippen molar-refractivity contribution in [2.45, 2.75) is 24.0 Å². The lowest BCUT2D eigenvalue weighted by Crippen LogP contribution is -2.53. The van der Waals surface area contributed by atoms with Gasteiger partial charge in [0.2, 0.25) is 10.0 Å². The smallest absolute Gasteiger partial charge is 0.246 e. The molecule has 0 aromatic carbocycles. The summed E-state index contributed by atoms with van der Waals surface area (Å²) in [6.07, 6.45) is 1.33. The highest BCUT2D eigenvalue weighted by atomic mass is 32.2. The third-order valence-electron chi connectivity index (χ3n) is 3.51. The second kappa shape index (κ2) is 4.30. The Kier molecular flexibility index (Phi) is 2.89. The molecule has 0 aliphatic carbocycles. The van der Waals surface area contributed by atoms with Crippen LogP contribution in [-0.4, -0.2) is 61.3 Å². The number of aromatic amines is 1. The van der Waals surface area contributed by atoms with E-state index in [-0.39, 0.29) is 17.0 Å². The van der Waals surface area contributed by atoms with Crippen LogP contribution in [0.5, 0.6) is 0 Å². The maximum atomic E-state index is 12.6. The number of nitrogens with one attached hydrogen (secondary N) is 2. The quantitative estimate of drug-likeness (QED) is 0.727. The van der Waals surface area contributed by atoms with Gasteiger partial charge in [0.1, 0.15) is 4.90 Å². The van der Waals surface area contributed by atoms with Gasteiger partial charge in [0.15, 0.2) is 0 Å². The molecule has 2 atom stereocenters. The second-order valence-electron chi connectivity index (χ2n) is 4.61. The fourth-order valence-corrected chi connectivity index (χ4v) is 4.34. The Morgan fingerprint density at radius 3 is 3.06 bits per heavy atom. The summed E-state index contributed by atoms with van der Waals surface area (Å²) in [4.78, 5) is 0.259. The second-order valence-corrected chi connectivity index (χ2v) is 6.47. The van der Waals surface area contributed by atoms with Gasteiger partial charge in [-0.05, 0) is 6.92 Å². The Hall–Kier alpha value is -0.960. The van der Waals surface area contributed by atoms with E-state index in [1.165, 1.54) is 6.20 Å². The summed E-state index contributed by atoms with van der Waals surface area (Å²) >= 11 is 0. The van der Waals surface area contributed by atoms with E-state index in [1.807, 2.05) is 0 Å². The van der Waals surface area contributed by atoms with Crippen LogP contribution < -0.4 is 5.32 Å². The topological polar surface area (TPSA) is 87.3 Å². The summed E-state index contributed by atoms with van der Waals surface area (Å²) in [6, 6.07) is -0.113. The molecule has 18 heavy (non-hydrogen) atoms. The molecular formula is C10H16N4O3S. The van der Waals surface area contributed by atoms with Crippen LogP contribution in [0.4, 0.5) is 0 Å². The lowest BCUT2D eigenvalue weighted by atomic mass is 10.2. The molecule has 7 nitrogen and oxygen atoms in total. The maximum Gasteiger partial charge on any atom is 0.246 e. The van der Waals surface area contributed by atoms with E-state index in [1.54, 1.807) is 11.2 Å². The highest BCUT2D eigenvalue weighted by Gasteiger charge is 2.43. The monoisotopic (exact) mass is 272 g/mol. The highest BCUT2D eigenvalue weighted by Crippen LogP contribution is 2.26. The average molecular weight is 272 g/mol. The molecule has 1 aromatic rings. The van der Waals surface area contributed by atoms with Crippen molar-refractivity contribution in [3.8, 4) is 0 Å². The highest BCUT2D eigenvalue weighted by molar-refractivity contribution is 7.89. The van der Waals surface area contributed by atoms with Crippen molar-refractivity contribution in [3.63, 3.8) is 0 Å². The van der Waals surface area contributed by atoms with Crippen LogP contribution in [-0.2, 0) is 14.8 Å². The fraction of sp³-hybridized carbons (Fsp3) is 0.700. The summed E-state index contributed by atoms with van der Waals surface area (Å²) in [5.41, 5.74) is 0.573. The number of hydrogen-bond acceptors (Lipinski definition) is 5. The number of sulfonamides is 1. The third-order valence-corrected chi connectivity index (χ3v) is 5.55. The predicted octanol–water partition coefficient (Wildman–Crippen LogP) is -0.921. The van der Waals surface area contributed by atoms with Crippen LogP contribution in [0, 0.1) is 6.92 Å². The third kappa shape index (κ3) is 1.76. The van der Waals surface area contributed by atoms with Crippen molar-refractivity contribution in [3.05, 3.63) is 11.9 Å². The normalized spacial score (nSPS) is 29.4. The minimum absolute atomic E-state index is 0.0410. The van der Waals surface area contributed by atoms with Crippen molar-refractivity contribution < 1.29 is 13.2 Å². The van der Waals surface area contributed by atoms with Gasteiger partial charge in [-0.15, -0.1) is 0 Å². The van der Waals surface area contributed by atoms with Gasteiger partial charge in [0, 0.05) is 19.6 Å². The van der Waals surface area contributed by atoms with E-state index in [4.69, 9.17) is 4.74 Å². The van der Waals surface area contributed by atoms with E-state index in [0.717, 1.165) is 0 Å². The number of aromatic nitrogens is 2. The molecule has 0 spiro atoms. The molecule has 0 unspecified atom stereocenters. The number of aryl methyl sites for hydroxylation is 1. The lowest BCUT2D eigenvalue weighted by Gasteiger charge is -2.35. The Morgan fingerprint density at radius 2 is 2.33 bits per heavy atom. The van der Waals surface area contributed by atoms with Crippen LogP contribution in [0.1, 0.15) is 5.69 Å². The molecule has 2 N–H and O–H groups in total. The maximum absolute atomic E-state index is 12.6. The number of fused-ring (bicyclic) bond motifs is 1. The average Bonchev–Trinajstić information content (AvgIpc) is 2.96. The molecule has 2 aliphatic heterocycles. The van der Waals surface area contributed by atoms with Crippen LogP contribution in [0.25, 0.3) is 0 Å². The minimum atomic E-state index is -3.48. The molecule has 3 rings (SSSR count). The van der Waals surface area contributed by atoms with E-state index in [0.29, 0.717) is 31.9 Å². The first-order chi connectivity index (χ1) is 8.60. The number of morpholine rings is 1. The molecule has 2 fully saturated rings. The SMILES string of the molecule is Cc1[nH]ncc1S(=O)(=O)N1CCO[C@H]2CNC[C@H]21. The molecule has 100 valence electrons. The van der Waals surface area contributed by atoms with Crippen molar-refractivity contribution in [2.75, 3.05) is 26.2 Å². The van der Waals surface area contributed by atoms with E-state index in [2.05, 4.69) is 15.5 Å². The number of rotatable bonds is 2. The van der Waals surface area contributed by atoms with Gasteiger partial charge in [-0.25, -0.2) is 8.42 Å². The van der Waals surface area contributed by atoms with Crippen LogP contribution in [0.15, 0.2) is 11.1 Å². The summed E-state index contributed by atoms with van der Waals surface area (Å²) in [6.45, 7) is 3.90. The molecule has 3 heterocycles. The Balaban J connectivity index is 1.96. The van der Waals surface area contributed by atoms with E-state index in [9.17, 15) is 8.42 Å². The number of hydrogen-bond donors (Lipinski definition) is 2. The summed E-state index contributed by atoms with van der Waals surface area (Å²) in [5, 5.41) is 9.63. The molecule has 0 bridgehead atoms. The van der Waals surface area contributed by atoms with Crippen molar-refractivity contribution in [1.29, 1.82) is 0 Å². The Bertz CT molecular complexity index is 541. The number of ether oxygens (including phenoxy) is 1. The van der Waals surface area contributed by atoms with Gasteiger partial charge in [0.25, 0.3) is 0 Å². The van der Waals surface area contributed by atoms with Gasteiger partial charge in [0.05, 0.1) is 30.6 Å². The zero-order chi connectivity index (χ0) is 12.8. The van der Waals surface area contributed by atoms with Crippen molar-refractivity contribution >= 4 is 10.0 Å². The van der Waals surface area contributed by atoms with Crippen molar-refractivity contribution in [1.82, 2.24) is 19.8 Å². The summed E-state index contributed by atoms with van der Waals surface area (Å²) in [5.74, 6) is 0. The first-order valence-corrected chi connectivity index (χ1v) is 7.39. The molecule has 2 aliphatic rings. The molecule has 1 aromatic heterocycles. The van der Waals surface area contributed by atoms with Gasteiger partial charge in [-0.1, -0.05) is 0 Å². The Morgan fingerprint density at radius 1 is 1.50 bits per heavy atom. The number of nitrogens with zero attached hydrogens (tertiary/aromatic N) is 2. The fourth-order valence-electron chi connectivity index (χ4n) is 2.58. The predicted molar refractivity (Wildman–Crippen MR) is 63.6 cm³/mol. The summed E-state index contributed by atoms with van der Waals surface area (Å²) < 4.78 is 32.3.